The maximum absolute atomic E-state index is 12.7. The molecule has 1 aliphatic rings. The Labute approximate surface area is 186 Å². The number of nitrogens with zero attached hydrogens (tertiary/aromatic N) is 4. The van der Waals surface area contributed by atoms with Gasteiger partial charge in [-0.05, 0) is 30.5 Å². The average molecular weight is 437 g/mol. The molecule has 0 unspecified atom stereocenters. The third-order valence-corrected chi connectivity index (χ3v) is 5.93. The number of hydrogen-bond acceptors (Lipinski definition) is 4. The van der Waals surface area contributed by atoms with Gasteiger partial charge in [0.25, 0.3) is 5.56 Å². The Balaban J connectivity index is 1.34. The van der Waals surface area contributed by atoms with Crippen molar-refractivity contribution in [1.29, 1.82) is 0 Å². The monoisotopic (exact) mass is 436 g/mol. The fourth-order valence-corrected chi connectivity index (χ4v) is 4.09. The van der Waals surface area contributed by atoms with E-state index in [1.165, 1.54) is 10.2 Å². The van der Waals surface area contributed by atoms with Gasteiger partial charge in [0, 0.05) is 32.6 Å². The molecule has 1 amide bonds. The Kier molecular flexibility index (Phi) is 6.67. The van der Waals surface area contributed by atoms with E-state index in [0.29, 0.717) is 44.0 Å². The number of benzene rings is 2. The molecule has 0 N–H and O–H groups in total. The Morgan fingerprint density at radius 3 is 2.26 bits per heavy atom. The third-order valence-electron chi connectivity index (χ3n) is 5.57. The zero-order valence-electron chi connectivity index (χ0n) is 17.3. The Morgan fingerprint density at radius 1 is 0.935 bits per heavy atom. The Hall–Kier alpha value is -3.12. The zero-order valence-corrected chi connectivity index (χ0v) is 18.0. The van der Waals surface area contributed by atoms with Crippen LogP contribution in [0.2, 0.25) is 5.02 Å². The summed E-state index contributed by atoms with van der Waals surface area (Å²) in [7, 11) is 0. The summed E-state index contributed by atoms with van der Waals surface area (Å²) in [6, 6.07) is 19.4. The second-order valence-electron chi connectivity index (χ2n) is 7.60. The van der Waals surface area contributed by atoms with Crippen molar-refractivity contribution in [3.8, 4) is 5.69 Å². The number of piperazine rings is 1. The highest BCUT2D eigenvalue weighted by Crippen LogP contribution is 2.23. The van der Waals surface area contributed by atoms with E-state index in [2.05, 4.69) is 17.2 Å². The van der Waals surface area contributed by atoms with Gasteiger partial charge >= 0.3 is 0 Å². The minimum absolute atomic E-state index is 0.154. The average Bonchev–Trinajstić information content (AvgIpc) is 2.82. The Bertz CT molecular complexity index is 1080. The highest BCUT2D eigenvalue weighted by atomic mass is 35.5. The quantitative estimate of drug-likeness (QED) is 0.593. The highest BCUT2D eigenvalue weighted by molar-refractivity contribution is 6.33. The molecule has 0 saturated carbocycles. The summed E-state index contributed by atoms with van der Waals surface area (Å²) in [5.41, 5.74) is 2.21. The van der Waals surface area contributed by atoms with Gasteiger partial charge in [-0.25, -0.2) is 0 Å². The van der Waals surface area contributed by atoms with Gasteiger partial charge in [0.05, 0.1) is 17.6 Å². The molecule has 1 fully saturated rings. The Morgan fingerprint density at radius 2 is 1.58 bits per heavy atom. The predicted octanol–water partition coefficient (Wildman–Crippen LogP) is 3.56. The number of halogens is 1. The van der Waals surface area contributed by atoms with E-state index in [0.717, 1.165) is 12.8 Å². The number of anilines is 1. The number of carbonyl (C=O) groups is 1. The van der Waals surface area contributed by atoms with E-state index < -0.39 is 0 Å². The van der Waals surface area contributed by atoms with Crippen LogP contribution in [0.25, 0.3) is 5.69 Å². The lowest BCUT2D eigenvalue weighted by Crippen LogP contribution is -2.49. The zero-order chi connectivity index (χ0) is 21.6. The van der Waals surface area contributed by atoms with Gasteiger partial charge in [-0.15, -0.1) is 0 Å². The lowest BCUT2D eigenvalue weighted by molar-refractivity contribution is -0.131. The van der Waals surface area contributed by atoms with E-state index in [-0.39, 0.29) is 16.5 Å². The van der Waals surface area contributed by atoms with Crippen LogP contribution in [0.4, 0.5) is 5.69 Å². The van der Waals surface area contributed by atoms with Crippen LogP contribution >= 0.6 is 11.6 Å². The van der Waals surface area contributed by atoms with Gasteiger partial charge in [-0.3, -0.25) is 9.59 Å². The first-order valence-electron chi connectivity index (χ1n) is 10.5. The van der Waals surface area contributed by atoms with Crippen LogP contribution in [-0.4, -0.2) is 46.8 Å². The molecule has 2 aromatic carbocycles. The number of amides is 1. The molecular weight excluding hydrogens is 412 g/mol. The third kappa shape index (κ3) is 4.97. The molecule has 1 aromatic heterocycles. The first-order valence-corrected chi connectivity index (χ1v) is 10.9. The van der Waals surface area contributed by atoms with Crippen molar-refractivity contribution in [3.05, 3.63) is 87.8 Å². The van der Waals surface area contributed by atoms with E-state index in [9.17, 15) is 9.59 Å². The van der Waals surface area contributed by atoms with Crippen molar-refractivity contribution in [2.75, 3.05) is 31.1 Å². The van der Waals surface area contributed by atoms with Crippen molar-refractivity contribution in [1.82, 2.24) is 14.7 Å². The summed E-state index contributed by atoms with van der Waals surface area (Å²) in [6.45, 7) is 2.48. The highest BCUT2D eigenvalue weighted by Gasteiger charge is 2.24. The first kappa shape index (κ1) is 21.1. The van der Waals surface area contributed by atoms with E-state index >= 15 is 0 Å². The molecule has 160 valence electrons. The van der Waals surface area contributed by atoms with Crippen molar-refractivity contribution < 1.29 is 4.79 Å². The molecule has 3 aromatic rings. The van der Waals surface area contributed by atoms with Gasteiger partial charge < -0.3 is 9.80 Å². The molecule has 0 aliphatic carbocycles. The van der Waals surface area contributed by atoms with Gasteiger partial charge in [-0.1, -0.05) is 60.1 Å². The topological polar surface area (TPSA) is 58.4 Å². The summed E-state index contributed by atoms with van der Waals surface area (Å²) in [5.74, 6) is 0.180. The molecule has 1 saturated heterocycles. The number of carbonyl (C=O) groups excluding carboxylic acids is 1. The van der Waals surface area contributed by atoms with Crippen molar-refractivity contribution in [2.24, 2.45) is 0 Å². The standard InChI is InChI=1S/C24H25ClN4O2/c25-23-21(18-26-29(24(23)31)20-11-5-2-6-12-20)27-14-16-28(17-15-27)22(30)13-7-10-19-8-3-1-4-9-19/h1-6,8-9,11-12,18H,7,10,13-17H2. The van der Waals surface area contributed by atoms with Gasteiger partial charge in [0.15, 0.2) is 0 Å². The molecule has 2 heterocycles. The summed E-state index contributed by atoms with van der Waals surface area (Å²) in [6.07, 6.45) is 3.93. The van der Waals surface area contributed by atoms with E-state index in [1.54, 1.807) is 6.20 Å². The SMILES string of the molecule is O=C(CCCc1ccccc1)N1CCN(c2cnn(-c3ccccc3)c(=O)c2Cl)CC1. The van der Waals surface area contributed by atoms with Gasteiger partial charge in [0.2, 0.25) is 5.91 Å². The lowest BCUT2D eigenvalue weighted by Gasteiger charge is -2.36. The molecule has 1 aliphatic heterocycles. The van der Waals surface area contributed by atoms with Crippen LogP contribution in [-0.2, 0) is 11.2 Å². The molecule has 31 heavy (non-hydrogen) atoms. The van der Waals surface area contributed by atoms with Crippen molar-refractivity contribution in [3.63, 3.8) is 0 Å². The van der Waals surface area contributed by atoms with Gasteiger partial charge in [-0.2, -0.15) is 9.78 Å². The fraction of sp³-hybridized carbons (Fsp3) is 0.292. The fourth-order valence-electron chi connectivity index (χ4n) is 3.84. The molecule has 4 rings (SSSR count). The number of rotatable bonds is 6. The number of hydrogen-bond donors (Lipinski definition) is 0. The largest absolute Gasteiger partial charge is 0.365 e. The minimum Gasteiger partial charge on any atom is -0.365 e. The molecule has 0 radical (unpaired) electrons. The van der Waals surface area contributed by atoms with Crippen LogP contribution in [0.3, 0.4) is 0 Å². The molecule has 0 atom stereocenters. The van der Waals surface area contributed by atoms with Crippen molar-refractivity contribution >= 4 is 23.2 Å². The molecule has 0 bridgehead atoms. The number of aromatic nitrogens is 2. The second-order valence-corrected chi connectivity index (χ2v) is 7.98. The molecule has 0 spiro atoms. The van der Waals surface area contributed by atoms with Crippen LogP contribution in [0.1, 0.15) is 18.4 Å². The second kappa shape index (κ2) is 9.79. The smallest absolute Gasteiger partial charge is 0.292 e. The molecule has 6 nitrogen and oxygen atoms in total. The summed E-state index contributed by atoms with van der Waals surface area (Å²) in [4.78, 5) is 29.2. The number of aryl methyl sites for hydroxylation is 1. The van der Waals surface area contributed by atoms with Crippen molar-refractivity contribution in [2.45, 2.75) is 19.3 Å². The van der Waals surface area contributed by atoms with Crippen LogP contribution in [0.5, 0.6) is 0 Å². The number of para-hydroxylation sites is 1. The summed E-state index contributed by atoms with van der Waals surface area (Å²) in [5, 5.41) is 4.46. The van der Waals surface area contributed by atoms with Crippen LogP contribution in [0, 0.1) is 0 Å². The predicted molar refractivity (Wildman–Crippen MR) is 123 cm³/mol. The van der Waals surface area contributed by atoms with Crippen LogP contribution < -0.4 is 10.5 Å². The summed E-state index contributed by atoms with van der Waals surface area (Å²) >= 11 is 6.41. The first-order chi connectivity index (χ1) is 15.1. The molecular formula is C24H25ClN4O2. The van der Waals surface area contributed by atoms with E-state index in [4.69, 9.17) is 11.6 Å². The maximum atomic E-state index is 12.7. The minimum atomic E-state index is -0.343. The molecule has 7 heteroatoms. The van der Waals surface area contributed by atoms with Crippen LogP contribution in [0.15, 0.2) is 71.7 Å². The van der Waals surface area contributed by atoms with E-state index in [1.807, 2.05) is 58.3 Å². The lowest BCUT2D eigenvalue weighted by atomic mass is 10.1. The maximum Gasteiger partial charge on any atom is 0.292 e. The normalized spacial score (nSPS) is 14.0. The van der Waals surface area contributed by atoms with Gasteiger partial charge in [0.1, 0.15) is 5.02 Å². The summed E-state index contributed by atoms with van der Waals surface area (Å²) < 4.78 is 1.30.